The number of sulfonamides is 1. The largest absolute Gasteiger partial charge is 0.368 e. The van der Waals surface area contributed by atoms with E-state index < -0.39 is 22.0 Å². The summed E-state index contributed by atoms with van der Waals surface area (Å²) in [5, 5.41) is 0. The zero-order valence-electron chi connectivity index (χ0n) is 10.9. The maximum absolute atomic E-state index is 12.3. The van der Waals surface area contributed by atoms with Crippen LogP contribution in [0.25, 0.3) is 0 Å². The minimum Gasteiger partial charge on any atom is -0.368 e. The van der Waals surface area contributed by atoms with Crippen LogP contribution in [0, 0.1) is 5.92 Å². The number of hydrazine groups is 1. The number of pyridine rings is 1. The molecule has 1 aromatic heterocycles. The fraction of sp³-hybridized carbons (Fsp3) is 0.400. The Labute approximate surface area is 125 Å². The highest BCUT2D eigenvalue weighted by Gasteiger charge is 2.28. The molecule has 20 heavy (non-hydrogen) atoms. The maximum atomic E-state index is 12.3. The van der Waals surface area contributed by atoms with Crippen LogP contribution in [0.3, 0.4) is 0 Å². The Hall–Kier alpha value is -1.23. The zero-order valence-corrected chi connectivity index (χ0v) is 13.3. The van der Waals surface area contributed by atoms with Crippen LogP contribution < -0.4 is 21.7 Å². The first-order valence-electron chi connectivity index (χ1n) is 5.63. The van der Waals surface area contributed by atoms with Crippen molar-refractivity contribution in [2.75, 3.05) is 5.43 Å². The molecule has 0 radical (unpaired) electrons. The lowest BCUT2D eigenvalue weighted by Crippen LogP contribution is -2.47. The molecule has 1 unspecified atom stereocenters. The summed E-state index contributed by atoms with van der Waals surface area (Å²) in [6.45, 7) is 3.36. The summed E-state index contributed by atoms with van der Waals surface area (Å²) in [6.07, 6.45) is 1.39. The van der Waals surface area contributed by atoms with Gasteiger partial charge in [-0.15, -0.1) is 0 Å². The fourth-order valence-corrected chi connectivity index (χ4v) is 3.47. The lowest BCUT2D eigenvalue weighted by molar-refractivity contribution is -0.120. The molecule has 0 aliphatic rings. The van der Waals surface area contributed by atoms with Gasteiger partial charge in [0.25, 0.3) is 0 Å². The third-order valence-electron chi connectivity index (χ3n) is 2.50. The molecule has 8 nitrogen and oxygen atoms in total. The molecule has 0 bridgehead atoms. The SMILES string of the molecule is CC(C)C(NS(=O)(=O)c1cc(Br)cnc1NN)C(N)=O. The standard InChI is InChI=1S/C10H16BrN5O3S/c1-5(2)8(9(12)17)16-20(18,19)7-3-6(11)4-14-10(7)15-13/h3-5,8,16H,13H2,1-2H3,(H2,12,17)(H,14,15). The fourth-order valence-electron chi connectivity index (χ4n) is 1.49. The quantitative estimate of drug-likeness (QED) is 0.410. The van der Waals surface area contributed by atoms with Crippen LogP contribution in [0.1, 0.15) is 13.8 Å². The number of nitrogens with two attached hydrogens (primary N) is 2. The number of halogens is 1. The van der Waals surface area contributed by atoms with E-state index in [-0.39, 0.29) is 16.6 Å². The highest BCUT2D eigenvalue weighted by atomic mass is 79.9. The maximum Gasteiger partial charge on any atom is 0.245 e. The average molecular weight is 366 g/mol. The van der Waals surface area contributed by atoms with Gasteiger partial charge < -0.3 is 11.2 Å². The third-order valence-corrected chi connectivity index (χ3v) is 4.39. The molecule has 0 fully saturated rings. The molecule has 1 atom stereocenters. The Balaban J connectivity index is 3.23. The number of nitrogen functional groups attached to an aromatic ring is 1. The number of anilines is 1. The van der Waals surface area contributed by atoms with Gasteiger partial charge in [0.2, 0.25) is 15.9 Å². The molecule has 1 rings (SSSR count). The Bertz CT molecular complexity index is 605. The van der Waals surface area contributed by atoms with E-state index in [0.717, 1.165) is 0 Å². The monoisotopic (exact) mass is 365 g/mol. The number of primary amides is 1. The van der Waals surface area contributed by atoms with Gasteiger partial charge >= 0.3 is 0 Å². The Morgan fingerprint density at radius 1 is 1.45 bits per heavy atom. The van der Waals surface area contributed by atoms with E-state index >= 15 is 0 Å². The van der Waals surface area contributed by atoms with Crippen LogP contribution in [0.5, 0.6) is 0 Å². The summed E-state index contributed by atoms with van der Waals surface area (Å²) in [6, 6.07) is 0.299. The number of carbonyl (C=O) groups excluding carboxylic acids is 1. The summed E-state index contributed by atoms with van der Waals surface area (Å²) >= 11 is 3.13. The van der Waals surface area contributed by atoms with E-state index in [1.165, 1.54) is 12.3 Å². The summed E-state index contributed by atoms with van der Waals surface area (Å²) in [4.78, 5) is 15.0. The van der Waals surface area contributed by atoms with Crippen LogP contribution in [-0.4, -0.2) is 25.4 Å². The van der Waals surface area contributed by atoms with Crippen molar-refractivity contribution < 1.29 is 13.2 Å². The van der Waals surface area contributed by atoms with Gasteiger partial charge in [0, 0.05) is 10.7 Å². The molecule has 6 N–H and O–H groups in total. The Morgan fingerprint density at radius 2 is 2.05 bits per heavy atom. The molecule has 0 aromatic carbocycles. The molecule has 1 amide bonds. The first-order chi connectivity index (χ1) is 9.19. The van der Waals surface area contributed by atoms with Gasteiger partial charge in [-0.1, -0.05) is 13.8 Å². The number of nitrogens with one attached hydrogen (secondary N) is 2. The van der Waals surface area contributed by atoms with E-state index in [9.17, 15) is 13.2 Å². The van der Waals surface area contributed by atoms with Gasteiger partial charge in [-0.25, -0.2) is 19.2 Å². The topological polar surface area (TPSA) is 140 Å². The van der Waals surface area contributed by atoms with Crippen molar-refractivity contribution >= 4 is 37.7 Å². The van der Waals surface area contributed by atoms with Gasteiger partial charge in [0.15, 0.2) is 5.82 Å². The summed E-state index contributed by atoms with van der Waals surface area (Å²) in [5.74, 6) is 4.15. The van der Waals surface area contributed by atoms with Crippen molar-refractivity contribution in [3.05, 3.63) is 16.7 Å². The molecule has 1 heterocycles. The molecular formula is C10H16BrN5O3S. The van der Waals surface area contributed by atoms with E-state index in [2.05, 4.69) is 31.1 Å². The zero-order chi connectivity index (χ0) is 15.5. The lowest BCUT2D eigenvalue weighted by Gasteiger charge is -2.19. The van der Waals surface area contributed by atoms with E-state index in [0.29, 0.717) is 4.47 Å². The van der Waals surface area contributed by atoms with Crippen molar-refractivity contribution in [3.63, 3.8) is 0 Å². The van der Waals surface area contributed by atoms with Crippen LogP contribution in [0.15, 0.2) is 21.6 Å². The Morgan fingerprint density at radius 3 is 2.50 bits per heavy atom. The van der Waals surface area contributed by atoms with Gasteiger partial charge in [-0.3, -0.25) is 4.79 Å². The molecule has 1 aromatic rings. The minimum absolute atomic E-state index is 0.0346. The first-order valence-corrected chi connectivity index (χ1v) is 7.90. The second-order valence-electron chi connectivity index (χ2n) is 4.39. The predicted octanol–water partition coefficient (Wildman–Crippen LogP) is -0.0821. The van der Waals surface area contributed by atoms with E-state index in [1.807, 2.05) is 0 Å². The van der Waals surface area contributed by atoms with Gasteiger partial charge in [0.1, 0.15) is 10.9 Å². The smallest absolute Gasteiger partial charge is 0.245 e. The second-order valence-corrected chi connectivity index (χ2v) is 6.99. The van der Waals surface area contributed by atoms with Crippen molar-refractivity contribution in [3.8, 4) is 0 Å². The van der Waals surface area contributed by atoms with Crippen molar-refractivity contribution in [1.29, 1.82) is 0 Å². The van der Waals surface area contributed by atoms with Crippen LogP contribution in [0.4, 0.5) is 5.82 Å². The number of amides is 1. The normalized spacial score (nSPS) is 13.2. The molecule has 112 valence electrons. The van der Waals surface area contributed by atoms with Crippen molar-refractivity contribution in [2.24, 2.45) is 17.5 Å². The first kappa shape index (κ1) is 16.8. The highest BCUT2D eigenvalue weighted by Crippen LogP contribution is 2.22. The highest BCUT2D eigenvalue weighted by molar-refractivity contribution is 9.10. The molecule has 0 saturated carbocycles. The second kappa shape index (κ2) is 6.48. The van der Waals surface area contributed by atoms with Crippen LogP contribution >= 0.6 is 15.9 Å². The minimum atomic E-state index is -4.00. The number of hydrogen-bond donors (Lipinski definition) is 4. The molecule has 10 heteroatoms. The van der Waals surface area contributed by atoms with E-state index in [1.54, 1.807) is 13.8 Å². The molecular weight excluding hydrogens is 350 g/mol. The number of rotatable bonds is 6. The molecule has 0 saturated heterocycles. The summed E-state index contributed by atoms with van der Waals surface area (Å²) < 4.78 is 27.3. The van der Waals surface area contributed by atoms with Gasteiger partial charge in [0.05, 0.1) is 0 Å². The van der Waals surface area contributed by atoms with Gasteiger partial charge in [-0.05, 0) is 27.9 Å². The Kier molecular flexibility index (Phi) is 5.45. The summed E-state index contributed by atoms with van der Waals surface area (Å²) in [5.41, 5.74) is 7.39. The van der Waals surface area contributed by atoms with Crippen molar-refractivity contribution in [1.82, 2.24) is 9.71 Å². The van der Waals surface area contributed by atoms with Crippen LogP contribution in [0.2, 0.25) is 0 Å². The number of hydrogen-bond acceptors (Lipinski definition) is 6. The number of nitrogens with zero attached hydrogens (tertiary/aromatic N) is 1. The third kappa shape index (κ3) is 3.88. The van der Waals surface area contributed by atoms with E-state index in [4.69, 9.17) is 11.6 Å². The molecule has 0 spiro atoms. The van der Waals surface area contributed by atoms with Crippen molar-refractivity contribution in [2.45, 2.75) is 24.8 Å². The number of aromatic nitrogens is 1. The van der Waals surface area contributed by atoms with Gasteiger partial charge in [-0.2, -0.15) is 4.72 Å². The molecule has 0 aliphatic heterocycles. The average Bonchev–Trinajstić information content (AvgIpc) is 2.35. The lowest BCUT2D eigenvalue weighted by atomic mass is 10.1. The summed E-state index contributed by atoms with van der Waals surface area (Å²) in [7, 11) is -4.00. The number of carbonyl (C=O) groups is 1. The predicted molar refractivity (Wildman–Crippen MR) is 77.9 cm³/mol. The molecule has 0 aliphatic carbocycles. The van der Waals surface area contributed by atoms with Crippen LogP contribution in [-0.2, 0) is 14.8 Å².